The molecule has 0 radical (unpaired) electrons. The largest absolute Gasteiger partial charge is 0.368 e. The molecule has 1 amide bonds. The number of likely N-dealkylation sites (N-methyl/N-ethyl adjacent to an activating group) is 1. The number of nitrogens with two attached hydrogens (primary N) is 1. The summed E-state index contributed by atoms with van der Waals surface area (Å²) in [6, 6.07) is 6.78. The Labute approximate surface area is 101 Å². The van der Waals surface area contributed by atoms with Gasteiger partial charge in [-0.05, 0) is 30.7 Å². The van der Waals surface area contributed by atoms with Gasteiger partial charge in [0.2, 0.25) is 5.91 Å². The molecule has 0 spiro atoms. The molecule has 1 aromatic rings. The molecule has 0 saturated heterocycles. The van der Waals surface area contributed by atoms with Gasteiger partial charge in [0.15, 0.2) is 0 Å². The van der Waals surface area contributed by atoms with Crippen LogP contribution >= 0.6 is 0 Å². The number of benzene rings is 1. The quantitative estimate of drug-likeness (QED) is 0.760. The van der Waals surface area contributed by atoms with Gasteiger partial charge in [-0.2, -0.15) is 0 Å². The van der Waals surface area contributed by atoms with Crippen LogP contribution in [0.3, 0.4) is 0 Å². The maximum absolute atomic E-state index is 11.4. The van der Waals surface area contributed by atoms with E-state index in [9.17, 15) is 9.59 Å². The zero-order chi connectivity index (χ0) is 12.8. The Kier molecular flexibility index (Phi) is 4.69. The molecule has 4 heteroatoms. The molecule has 1 aromatic carbocycles. The molecule has 1 atom stereocenters. The van der Waals surface area contributed by atoms with Crippen LogP contribution in [0.5, 0.6) is 0 Å². The smallest absolute Gasteiger partial charge is 0.240 e. The summed E-state index contributed by atoms with van der Waals surface area (Å²) in [4.78, 5) is 23.7. The van der Waals surface area contributed by atoms with E-state index in [1.807, 2.05) is 31.0 Å². The molecule has 0 heterocycles. The first-order chi connectivity index (χ1) is 8.10. The molecule has 17 heavy (non-hydrogen) atoms. The first-order valence-corrected chi connectivity index (χ1v) is 5.67. The molecular weight excluding hydrogens is 216 g/mol. The minimum absolute atomic E-state index is 0.304. The van der Waals surface area contributed by atoms with Crippen molar-refractivity contribution in [3.05, 3.63) is 29.8 Å². The van der Waals surface area contributed by atoms with E-state index >= 15 is 0 Å². The van der Waals surface area contributed by atoms with Crippen molar-refractivity contribution < 1.29 is 9.59 Å². The van der Waals surface area contributed by atoms with E-state index < -0.39 is 0 Å². The molecule has 0 bridgehead atoms. The zero-order valence-electron chi connectivity index (χ0n) is 10.2. The van der Waals surface area contributed by atoms with Gasteiger partial charge in [0.05, 0.1) is 0 Å². The number of carbonyl (C=O) groups is 2. The molecule has 2 N–H and O–H groups in total. The highest BCUT2D eigenvalue weighted by Crippen LogP contribution is 2.17. The fourth-order valence-electron chi connectivity index (χ4n) is 1.77. The van der Waals surface area contributed by atoms with Crippen LogP contribution in [-0.2, 0) is 4.79 Å². The van der Waals surface area contributed by atoms with E-state index in [1.165, 1.54) is 0 Å². The highest BCUT2D eigenvalue weighted by Gasteiger charge is 2.19. The second-order valence-corrected chi connectivity index (χ2v) is 4.03. The molecule has 92 valence electrons. The van der Waals surface area contributed by atoms with Gasteiger partial charge in [-0.1, -0.05) is 13.3 Å². The predicted molar refractivity (Wildman–Crippen MR) is 68.1 cm³/mol. The molecule has 0 saturated carbocycles. The zero-order valence-corrected chi connectivity index (χ0v) is 10.2. The first-order valence-electron chi connectivity index (χ1n) is 5.67. The predicted octanol–water partition coefficient (Wildman–Crippen LogP) is 1.59. The van der Waals surface area contributed by atoms with Crippen molar-refractivity contribution in [2.24, 2.45) is 5.73 Å². The maximum Gasteiger partial charge on any atom is 0.240 e. The number of anilines is 1. The number of hydrogen-bond donors (Lipinski definition) is 1. The Morgan fingerprint density at radius 1 is 1.41 bits per heavy atom. The van der Waals surface area contributed by atoms with Crippen LogP contribution in [0.25, 0.3) is 0 Å². The van der Waals surface area contributed by atoms with Crippen molar-refractivity contribution in [2.45, 2.75) is 25.8 Å². The summed E-state index contributed by atoms with van der Waals surface area (Å²) in [5.41, 5.74) is 6.88. The number of aldehydes is 1. The Balaban J connectivity index is 2.88. The molecule has 0 aromatic heterocycles. The van der Waals surface area contributed by atoms with Gasteiger partial charge in [0.1, 0.15) is 12.3 Å². The first kappa shape index (κ1) is 13.2. The number of amides is 1. The second kappa shape index (κ2) is 6.03. The summed E-state index contributed by atoms with van der Waals surface area (Å²) >= 11 is 0. The van der Waals surface area contributed by atoms with Gasteiger partial charge in [-0.3, -0.25) is 9.59 Å². The minimum Gasteiger partial charge on any atom is -0.368 e. The van der Waals surface area contributed by atoms with E-state index in [4.69, 9.17) is 5.73 Å². The lowest BCUT2D eigenvalue weighted by molar-refractivity contribution is -0.119. The van der Waals surface area contributed by atoms with Gasteiger partial charge < -0.3 is 10.6 Å². The Hall–Kier alpha value is -1.84. The van der Waals surface area contributed by atoms with Crippen molar-refractivity contribution in [1.82, 2.24) is 0 Å². The van der Waals surface area contributed by atoms with Gasteiger partial charge in [0.25, 0.3) is 0 Å². The third-order valence-electron chi connectivity index (χ3n) is 2.79. The van der Waals surface area contributed by atoms with E-state index in [0.29, 0.717) is 5.56 Å². The van der Waals surface area contributed by atoms with E-state index in [1.54, 1.807) is 12.1 Å². The van der Waals surface area contributed by atoms with Crippen molar-refractivity contribution >= 4 is 17.9 Å². The summed E-state index contributed by atoms with van der Waals surface area (Å²) in [7, 11) is 1.83. The monoisotopic (exact) mass is 234 g/mol. The van der Waals surface area contributed by atoms with Crippen LogP contribution in [0.1, 0.15) is 30.1 Å². The van der Waals surface area contributed by atoms with Crippen molar-refractivity contribution in [2.75, 3.05) is 11.9 Å². The molecule has 1 unspecified atom stereocenters. The van der Waals surface area contributed by atoms with Crippen LogP contribution in [0.15, 0.2) is 24.3 Å². The molecule has 0 aliphatic carbocycles. The third-order valence-corrected chi connectivity index (χ3v) is 2.79. The van der Waals surface area contributed by atoms with Gasteiger partial charge in [0, 0.05) is 18.3 Å². The maximum atomic E-state index is 11.4. The molecule has 0 aliphatic heterocycles. The van der Waals surface area contributed by atoms with E-state index in [-0.39, 0.29) is 11.9 Å². The average molecular weight is 234 g/mol. The second-order valence-electron chi connectivity index (χ2n) is 4.03. The minimum atomic E-state index is -0.325. The van der Waals surface area contributed by atoms with Crippen molar-refractivity contribution in [3.63, 3.8) is 0 Å². The molecule has 0 fully saturated rings. The lowest BCUT2D eigenvalue weighted by Crippen LogP contribution is -2.42. The molecule has 4 nitrogen and oxygen atoms in total. The summed E-state index contributed by atoms with van der Waals surface area (Å²) in [6.07, 6.45) is 2.41. The van der Waals surface area contributed by atoms with E-state index in [2.05, 4.69) is 0 Å². The Bertz CT molecular complexity index is 387. The lowest BCUT2D eigenvalue weighted by Gasteiger charge is -2.27. The van der Waals surface area contributed by atoms with Crippen molar-refractivity contribution in [3.8, 4) is 0 Å². The molecule has 0 aliphatic rings. The van der Waals surface area contributed by atoms with Gasteiger partial charge in [-0.25, -0.2) is 0 Å². The lowest BCUT2D eigenvalue weighted by atomic mass is 10.1. The highest BCUT2D eigenvalue weighted by molar-refractivity contribution is 5.84. The third kappa shape index (κ3) is 3.31. The van der Waals surface area contributed by atoms with Crippen LogP contribution < -0.4 is 10.6 Å². The van der Waals surface area contributed by atoms with Crippen molar-refractivity contribution in [1.29, 1.82) is 0 Å². The van der Waals surface area contributed by atoms with E-state index in [0.717, 1.165) is 24.8 Å². The highest BCUT2D eigenvalue weighted by atomic mass is 16.1. The number of rotatable bonds is 6. The van der Waals surface area contributed by atoms with Gasteiger partial charge in [-0.15, -0.1) is 0 Å². The number of hydrogen-bond acceptors (Lipinski definition) is 3. The summed E-state index contributed by atoms with van der Waals surface area (Å²) < 4.78 is 0. The van der Waals surface area contributed by atoms with Crippen LogP contribution in [-0.4, -0.2) is 25.3 Å². The SMILES string of the molecule is CCCC(C(N)=O)N(C)c1ccc(C=O)cc1. The standard InChI is InChI=1S/C13H18N2O2/c1-3-4-12(13(14)17)15(2)11-7-5-10(9-16)6-8-11/h5-9,12H,3-4H2,1-2H3,(H2,14,17). The average Bonchev–Trinajstić information content (AvgIpc) is 2.35. The number of carbonyl (C=O) groups excluding carboxylic acids is 2. The topological polar surface area (TPSA) is 63.4 Å². The fourth-order valence-corrected chi connectivity index (χ4v) is 1.77. The normalized spacial score (nSPS) is 11.9. The summed E-state index contributed by atoms with van der Waals surface area (Å²) in [5, 5.41) is 0. The fraction of sp³-hybridized carbons (Fsp3) is 0.385. The molecule has 1 rings (SSSR count). The Morgan fingerprint density at radius 2 is 2.00 bits per heavy atom. The number of primary amides is 1. The Morgan fingerprint density at radius 3 is 2.41 bits per heavy atom. The van der Waals surface area contributed by atoms with Crippen LogP contribution in [0.4, 0.5) is 5.69 Å². The van der Waals surface area contributed by atoms with Crippen LogP contribution in [0.2, 0.25) is 0 Å². The number of nitrogens with zero attached hydrogens (tertiary/aromatic N) is 1. The van der Waals surface area contributed by atoms with Crippen LogP contribution in [0, 0.1) is 0 Å². The van der Waals surface area contributed by atoms with Gasteiger partial charge >= 0.3 is 0 Å². The summed E-state index contributed by atoms with van der Waals surface area (Å²) in [5.74, 6) is -0.325. The summed E-state index contributed by atoms with van der Waals surface area (Å²) in [6.45, 7) is 2.01. The molecular formula is C13H18N2O2.